The van der Waals surface area contributed by atoms with Crippen molar-refractivity contribution in [2.45, 2.75) is 119 Å². The SMILES string of the molecule is CCCC(=O)/C=C/c1ccc2[nH]c3c(c2c1)CCN1C[C@H](C[C@@](O)(CC)C1)C[C@]3(C(=O)OC)c1cc2c(cc1OC)N(C)C1[C@]23CCN2CC=C[C@@](CC)([C@@H](OC(C)=O)[C@]1(O)C(=O)OC)[C@H]23. The molecule has 6 heterocycles. The molecule has 3 N–H and O–H groups in total. The second kappa shape index (κ2) is 16.6. The molecular weight excluding hydrogens is 841 g/mol. The molecule has 1 spiro atoms. The maximum atomic E-state index is 15.6. The molecule has 5 aliphatic heterocycles. The predicted molar refractivity (Wildman–Crippen MR) is 249 cm³/mol. The van der Waals surface area contributed by atoms with E-state index in [4.69, 9.17) is 18.9 Å². The van der Waals surface area contributed by atoms with Crippen molar-refractivity contribution in [3.05, 3.63) is 76.5 Å². The number of methoxy groups -OCH3 is 3. The van der Waals surface area contributed by atoms with E-state index in [0.29, 0.717) is 93.9 Å². The van der Waals surface area contributed by atoms with Crippen molar-refractivity contribution in [3.63, 3.8) is 0 Å². The van der Waals surface area contributed by atoms with Gasteiger partial charge in [-0.1, -0.05) is 45.1 Å². The minimum absolute atomic E-state index is 0.0541. The molecule has 14 heteroatoms. The third-order valence-electron chi connectivity index (χ3n) is 16.7. The number of piperidine rings is 1. The van der Waals surface area contributed by atoms with E-state index in [1.165, 1.54) is 21.1 Å². The number of carbonyl (C=O) groups excluding carboxylic acids is 4. The van der Waals surface area contributed by atoms with Gasteiger partial charge in [-0.3, -0.25) is 24.2 Å². The van der Waals surface area contributed by atoms with Crippen LogP contribution >= 0.6 is 0 Å². The van der Waals surface area contributed by atoms with Gasteiger partial charge in [0, 0.05) is 97.4 Å². The second-order valence-corrected chi connectivity index (χ2v) is 20.0. The standard InChI is InChI=1S/C52H66N4O10/c1-9-13-34(58)16-14-32-15-17-39-36(24-32)35-18-22-55-29-33(27-48(61,10-2)30-55)28-51(42(35)53-39,46(59)64-7)38-25-37-40(26-41(38)63-6)54(5)44-50(37)20-23-56-21-12-19-49(11-3,43(50)56)45(66-31(4)57)52(44,62)47(60)65-8/h12,14-17,19,24-26,33,43-45,53,61-62H,9-11,13,18,20-23,27-30H2,1-8H3/b16-14+/t33-,43+,44?,45-,48+,49-,50-,51+,52+/m1/s1. The third-order valence-corrected chi connectivity index (χ3v) is 16.7. The Hall–Kier alpha value is -5.02. The fraction of sp³-hybridized carbons (Fsp3) is 0.577. The summed E-state index contributed by atoms with van der Waals surface area (Å²) >= 11 is 0. The lowest BCUT2D eigenvalue weighted by atomic mass is 9.47. The normalized spacial score (nSPS) is 34.4. The Kier molecular flexibility index (Phi) is 11.6. The average molecular weight is 907 g/mol. The Labute approximate surface area is 387 Å². The van der Waals surface area contributed by atoms with Crippen LogP contribution < -0.4 is 9.64 Å². The van der Waals surface area contributed by atoms with Gasteiger partial charge in [0.25, 0.3) is 0 Å². The highest BCUT2D eigenvalue weighted by atomic mass is 16.6. The summed E-state index contributed by atoms with van der Waals surface area (Å²) in [5, 5.41) is 26.5. The Bertz CT molecular complexity index is 2530. The van der Waals surface area contributed by atoms with Crippen LogP contribution in [-0.4, -0.2) is 139 Å². The number of ketones is 1. The van der Waals surface area contributed by atoms with Crippen molar-refractivity contribution in [1.82, 2.24) is 14.8 Å². The number of aromatic nitrogens is 1. The topological polar surface area (TPSA) is 171 Å². The first kappa shape index (κ1) is 46.1. The Morgan fingerprint density at radius 1 is 0.939 bits per heavy atom. The van der Waals surface area contributed by atoms with E-state index < -0.39 is 57.5 Å². The molecule has 3 aromatic rings. The van der Waals surface area contributed by atoms with E-state index >= 15 is 4.79 Å². The van der Waals surface area contributed by atoms with E-state index in [9.17, 15) is 24.6 Å². The van der Waals surface area contributed by atoms with Gasteiger partial charge in [0.1, 0.15) is 11.2 Å². The fourth-order valence-corrected chi connectivity index (χ4v) is 14.2. The highest BCUT2D eigenvalue weighted by Gasteiger charge is 2.80. The third kappa shape index (κ3) is 6.48. The number of nitrogens with one attached hydrogen (secondary N) is 1. The molecular formula is C52H66N4O10. The van der Waals surface area contributed by atoms with Crippen LogP contribution in [-0.2, 0) is 50.6 Å². The second-order valence-electron chi connectivity index (χ2n) is 20.0. The summed E-state index contributed by atoms with van der Waals surface area (Å²) in [4.78, 5) is 66.2. The van der Waals surface area contributed by atoms with Crippen molar-refractivity contribution >= 4 is 46.4 Å². The van der Waals surface area contributed by atoms with Crippen LogP contribution in [0.15, 0.2) is 48.6 Å². The average Bonchev–Trinajstić information content (AvgIpc) is 3.97. The van der Waals surface area contributed by atoms with Crippen LogP contribution in [0.5, 0.6) is 5.75 Å². The highest BCUT2D eigenvalue weighted by molar-refractivity contribution is 5.97. The van der Waals surface area contributed by atoms with Gasteiger partial charge >= 0.3 is 17.9 Å². The molecule has 9 rings (SSSR count). The van der Waals surface area contributed by atoms with Gasteiger partial charge in [-0.25, -0.2) is 4.79 Å². The van der Waals surface area contributed by atoms with Gasteiger partial charge < -0.3 is 39.0 Å². The number of hydrogen-bond donors (Lipinski definition) is 3. The number of anilines is 1. The zero-order valence-corrected chi connectivity index (χ0v) is 39.7. The predicted octanol–water partition coefficient (Wildman–Crippen LogP) is 5.37. The van der Waals surface area contributed by atoms with Crippen molar-refractivity contribution in [3.8, 4) is 5.75 Å². The number of hydrogen-bond acceptors (Lipinski definition) is 13. The van der Waals surface area contributed by atoms with E-state index in [0.717, 1.165) is 34.0 Å². The number of aliphatic hydroxyl groups is 2. The molecule has 2 saturated heterocycles. The smallest absolute Gasteiger partial charge is 0.344 e. The molecule has 66 heavy (non-hydrogen) atoms. The molecule has 2 bridgehead atoms. The lowest BCUT2D eigenvalue weighted by Gasteiger charge is -2.63. The molecule has 1 saturated carbocycles. The summed E-state index contributed by atoms with van der Waals surface area (Å²) in [5.41, 5.74) is -1.37. The Morgan fingerprint density at radius 3 is 2.39 bits per heavy atom. The number of likely N-dealkylation sites (N-methyl/N-ethyl adjacent to an activating group) is 1. The van der Waals surface area contributed by atoms with Gasteiger partial charge in [-0.15, -0.1) is 0 Å². The minimum Gasteiger partial charge on any atom is -0.496 e. The number of allylic oxidation sites excluding steroid dienone is 1. The fourth-order valence-electron chi connectivity index (χ4n) is 14.2. The summed E-state index contributed by atoms with van der Waals surface area (Å²) in [6, 6.07) is 8.75. The molecule has 1 aliphatic carbocycles. The van der Waals surface area contributed by atoms with Gasteiger partial charge in [0.2, 0.25) is 5.60 Å². The summed E-state index contributed by atoms with van der Waals surface area (Å²) < 4.78 is 24.1. The van der Waals surface area contributed by atoms with Gasteiger partial charge in [0.15, 0.2) is 11.9 Å². The summed E-state index contributed by atoms with van der Waals surface area (Å²) in [6.07, 6.45) is 10.3. The molecule has 2 aromatic carbocycles. The number of benzene rings is 2. The van der Waals surface area contributed by atoms with Crippen molar-refractivity contribution < 1.29 is 48.3 Å². The first-order valence-electron chi connectivity index (χ1n) is 23.8. The zero-order valence-electron chi connectivity index (χ0n) is 39.7. The van der Waals surface area contributed by atoms with Gasteiger partial charge in [-0.2, -0.15) is 0 Å². The number of fused-ring (bicyclic) bond motifs is 6. The van der Waals surface area contributed by atoms with Crippen LogP contribution in [0.2, 0.25) is 0 Å². The van der Waals surface area contributed by atoms with Crippen LogP contribution in [0.25, 0.3) is 17.0 Å². The van der Waals surface area contributed by atoms with E-state index in [1.807, 2.05) is 69.1 Å². The van der Waals surface area contributed by atoms with E-state index in [2.05, 4.69) is 26.9 Å². The van der Waals surface area contributed by atoms with Crippen LogP contribution in [0.3, 0.4) is 0 Å². The number of aromatic amines is 1. The van der Waals surface area contributed by atoms with Crippen LogP contribution in [0, 0.1) is 11.3 Å². The van der Waals surface area contributed by atoms with E-state index in [1.54, 1.807) is 13.2 Å². The first-order chi connectivity index (χ1) is 31.5. The molecule has 2 unspecified atom stereocenters. The van der Waals surface area contributed by atoms with Crippen LogP contribution in [0.1, 0.15) is 101 Å². The molecule has 6 aliphatic rings. The van der Waals surface area contributed by atoms with Gasteiger partial charge in [-0.05, 0) is 98.4 Å². The first-order valence-corrected chi connectivity index (χ1v) is 23.8. The summed E-state index contributed by atoms with van der Waals surface area (Å²) in [7, 11) is 6.10. The number of rotatable bonds is 11. The largest absolute Gasteiger partial charge is 0.496 e. The summed E-state index contributed by atoms with van der Waals surface area (Å²) in [6.45, 7) is 10.4. The number of nitrogens with zero attached hydrogens (tertiary/aromatic N) is 3. The lowest BCUT2D eigenvalue weighted by Crippen LogP contribution is -2.81. The molecule has 0 radical (unpaired) electrons. The van der Waals surface area contributed by atoms with Gasteiger partial charge in [0.05, 0.1) is 33.0 Å². The minimum atomic E-state index is -2.34. The number of H-pyrrole nitrogens is 1. The Balaban J connectivity index is 1.34. The number of esters is 3. The maximum Gasteiger partial charge on any atom is 0.344 e. The summed E-state index contributed by atoms with van der Waals surface area (Å²) in [5.74, 6) is -1.69. The number of ether oxygens (including phenoxy) is 4. The van der Waals surface area contributed by atoms with Crippen molar-refractivity contribution in [2.75, 3.05) is 66.0 Å². The van der Waals surface area contributed by atoms with Crippen molar-refractivity contribution in [2.24, 2.45) is 11.3 Å². The highest BCUT2D eigenvalue weighted by Crippen LogP contribution is 2.68. The van der Waals surface area contributed by atoms with Crippen molar-refractivity contribution in [1.29, 1.82) is 0 Å². The number of carbonyl (C=O) groups is 4. The maximum absolute atomic E-state index is 15.6. The quantitative estimate of drug-likeness (QED) is 0.0972. The zero-order chi connectivity index (χ0) is 47.1. The molecule has 0 amide bonds. The Morgan fingerprint density at radius 2 is 1.71 bits per heavy atom. The monoisotopic (exact) mass is 906 g/mol. The molecule has 3 fully saturated rings. The lowest BCUT2D eigenvalue weighted by molar-refractivity contribution is -0.228. The molecule has 354 valence electrons. The molecule has 14 nitrogen and oxygen atoms in total. The van der Waals surface area contributed by atoms with Crippen LogP contribution in [0.4, 0.5) is 5.69 Å². The molecule has 1 aromatic heterocycles. The molecule has 10 atom stereocenters. The van der Waals surface area contributed by atoms with E-state index in [-0.39, 0.29) is 24.2 Å².